The van der Waals surface area contributed by atoms with Gasteiger partial charge in [0.05, 0.1) is 27.7 Å². The van der Waals surface area contributed by atoms with Crippen LogP contribution in [0.4, 0.5) is 0 Å². The first kappa shape index (κ1) is 96.4. The molecule has 1 N–H and O–H groups in total. The first-order valence-corrected chi connectivity index (χ1v) is 43.8. The van der Waals surface area contributed by atoms with Gasteiger partial charge < -0.3 is 18.9 Å². The summed E-state index contributed by atoms with van der Waals surface area (Å²) in [6.07, 6.45) is 115. The van der Waals surface area contributed by atoms with Gasteiger partial charge in [-0.1, -0.05) is 386 Å². The van der Waals surface area contributed by atoms with Crippen LogP contribution in [0.25, 0.3) is 0 Å². The van der Waals surface area contributed by atoms with Gasteiger partial charge in [-0.05, 0) is 109 Å². The summed E-state index contributed by atoms with van der Waals surface area (Å²) in [7, 11) is 1.48. The van der Waals surface area contributed by atoms with Crippen LogP contribution in [0.2, 0.25) is 0 Å². The molecular formula is C90H161NO8P+. The maximum atomic E-state index is 12.9. The van der Waals surface area contributed by atoms with Crippen molar-refractivity contribution in [2.45, 2.75) is 392 Å². The molecule has 2 unspecified atom stereocenters. The van der Waals surface area contributed by atoms with E-state index in [9.17, 15) is 19.0 Å². The number of hydrogen-bond acceptors (Lipinski definition) is 7. The maximum Gasteiger partial charge on any atom is 0.472 e. The number of hydrogen-bond donors (Lipinski definition) is 1. The number of carbonyl (C=O) groups excluding carboxylic acids is 2. The van der Waals surface area contributed by atoms with Crippen LogP contribution in [0.5, 0.6) is 0 Å². The van der Waals surface area contributed by atoms with E-state index in [1.807, 2.05) is 21.1 Å². The lowest BCUT2D eigenvalue weighted by Crippen LogP contribution is -2.37. The number of phosphoric ester groups is 1. The van der Waals surface area contributed by atoms with E-state index < -0.39 is 26.5 Å². The van der Waals surface area contributed by atoms with Crippen LogP contribution >= 0.6 is 7.82 Å². The molecule has 10 heteroatoms. The minimum atomic E-state index is -4.40. The molecule has 9 nitrogen and oxygen atoms in total. The second-order valence-corrected chi connectivity index (χ2v) is 30.9. The number of rotatable bonds is 78. The van der Waals surface area contributed by atoms with Crippen molar-refractivity contribution < 1.29 is 42.1 Å². The van der Waals surface area contributed by atoms with Crippen LogP contribution in [-0.4, -0.2) is 74.9 Å². The monoisotopic (exact) mass is 1420 g/mol. The van der Waals surface area contributed by atoms with E-state index in [-0.39, 0.29) is 32.0 Å². The second kappa shape index (κ2) is 79.5. The van der Waals surface area contributed by atoms with Gasteiger partial charge >= 0.3 is 19.8 Å². The smallest absolute Gasteiger partial charge is 0.462 e. The van der Waals surface area contributed by atoms with Gasteiger partial charge in [-0.25, -0.2) is 4.57 Å². The zero-order valence-electron chi connectivity index (χ0n) is 66.2. The van der Waals surface area contributed by atoms with Crippen molar-refractivity contribution in [1.29, 1.82) is 0 Å². The van der Waals surface area contributed by atoms with Crippen molar-refractivity contribution in [2.24, 2.45) is 0 Å². The molecule has 0 aliphatic rings. The number of esters is 2. The Hall–Kier alpha value is -3.59. The van der Waals surface area contributed by atoms with Gasteiger partial charge in [0.1, 0.15) is 19.8 Å². The Labute approximate surface area is 619 Å². The first-order valence-electron chi connectivity index (χ1n) is 42.3. The van der Waals surface area contributed by atoms with E-state index in [0.717, 1.165) is 103 Å². The molecule has 0 radical (unpaired) electrons. The van der Waals surface area contributed by atoms with Crippen molar-refractivity contribution in [1.82, 2.24) is 0 Å². The molecule has 0 rings (SSSR count). The lowest BCUT2D eigenvalue weighted by atomic mass is 10.0. The van der Waals surface area contributed by atoms with Gasteiger partial charge in [0.2, 0.25) is 0 Å². The molecule has 0 fully saturated rings. The molecule has 100 heavy (non-hydrogen) atoms. The average molecular weight is 1420 g/mol. The van der Waals surface area contributed by atoms with Gasteiger partial charge in [0, 0.05) is 12.8 Å². The molecule has 0 spiro atoms. The van der Waals surface area contributed by atoms with E-state index in [2.05, 4.69) is 135 Å². The summed E-state index contributed by atoms with van der Waals surface area (Å²) in [5.74, 6) is -0.792. The van der Waals surface area contributed by atoms with Gasteiger partial charge in [-0.2, -0.15) is 0 Å². The standard InChI is InChI=1S/C90H160NO8P/c1-6-8-10-12-14-16-18-20-22-24-26-28-30-32-34-36-38-40-42-43-44-45-46-47-49-50-52-54-56-58-60-62-64-66-68-70-72-74-76-78-80-82-89(92)96-86-88(87-98-100(94,95)97-85-84-91(3,4)5)99-90(93)83-81-79-77-75-73-71-69-67-65-63-61-59-57-55-53-51-48-41-39-37-35-33-31-29-27-25-23-21-19-17-15-13-11-9-7-2/h9,11,15,17-18,20-21,23-24,26-27,29,33,35,39,41,51,53,57,59,88H,6-8,10,12-14,16,19,22,25,28,30-32,34,36-38,40,42-50,52,54-56,58,60-87H2,1-5H3/p+1/b11-9-,17-15-,20-18-,23-21-,26-24-,29-27-,35-33-,41-39-,53-51-,59-57-. The normalized spacial score (nSPS) is 13.6. The molecule has 0 aromatic rings. The highest BCUT2D eigenvalue weighted by molar-refractivity contribution is 7.47. The van der Waals surface area contributed by atoms with Crippen molar-refractivity contribution in [3.63, 3.8) is 0 Å². The molecule has 0 amide bonds. The van der Waals surface area contributed by atoms with Crippen molar-refractivity contribution in [3.05, 3.63) is 122 Å². The van der Waals surface area contributed by atoms with Crippen LogP contribution in [0, 0.1) is 0 Å². The number of phosphoric acid groups is 1. The minimum Gasteiger partial charge on any atom is -0.462 e. The third kappa shape index (κ3) is 83.4. The highest BCUT2D eigenvalue weighted by Crippen LogP contribution is 2.43. The maximum absolute atomic E-state index is 12.9. The van der Waals surface area contributed by atoms with Crippen LogP contribution in [0.3, 0.4) is 0 Å². The SMILES string of the molecule is CC/C=C\C/C=C\C/C=C\C/C=C\C/C=C\C/C=C\C/C=C\C/C=C\CCCCCCCCCCCCC(=O)OC(COC(=O)CCCCCCCCCCCCCCCCCCCCCCCCCCCCCCC/C=C\C/C=C\CCCCCCC)COP(=O)(O)OCC[N+](C)(C)C. The summed E-state index contributed by atoms with van der Waals surface area (Å²) in [6.45, 7) is 4.34. The zero-order chi connectivity index (χ0) is 72.5. The topological polar surface area (TPSA) is 108 Å². The number of unbranched alkanes of at least 4 members (excludes halogenated alkanes) is 44. The number of carbonyl (C=O) groups is 2. The molecular weight excluding hydrogens is 1250 g/mol. The molecule has 0 aliphatic heterocycles. The Morgan fingerprint density at radius 1 is 0.320 bits per heavy atom. The third-order valence-electron chi connectivity index (χ3n) is 18.5. The van der Waals surface area contributed by atoms with Gasteiger partial charge in [0.25, 0.3) is 0 Å². The van der Waals surface area contributed by atoms with Gasteiger partial charge in [-0.15, -0.1) is 0 Å². The predicted octanol–water partition coefficient (Wildman–Crippen LogP) is 28.5. The Balaban J connectivity index is 3.94. The summed E-state index contributed by atoms with van der Waals surface area (Å²) >= 11 is 0. The number of quaternary nitrogens is 1. The zero-order valence-corrected chi connectivity index (χ0v) is 67.1. The summed E-state index contributed by atoms with van der Waals surface area (Å²) in [5.41, 5.74) is 0. The fraction of sp³-hybridized carbons (Fsp3) is 0.756. The lowest BCUT2D eigenvalue weighted by molar-refractivity contribution is -0.870. The molecule has 0 aliphatic carbocycles. The average Bonchev–Trinajstić information content (AvgIpc) is 1.65. The van der Waals surface area contributed by atoms with Crippen molar-refractivity contribution in [2.75, 3.05) is 47.5 Å². The van der Waals surface area contributed by atoms with E-state index in [1.54, 1.807) is 0 Å². The lowest BCUT2D eigenvalue weighted by Gasteiger charge is -2.24. The summed E-state index contributed by atoms with van der Waals surface area (Å²) in [5, 5.41) is 0. The second-order valence-electron chi connectivity index (χ2n) is 29.5. The van der Waals surface area contributed by atoms with E-state index >= 15 is 0 Å². The van der Waals surface area contributed by atoms with E-state index in [4.69, 9.17) is 18.5 Å². The van der Waals surface area contributed by atoms with E-state index in [1.165, 1.54) is 250 Å². The van der Waals surface area contributed by atoms with E-state index in [0.29, 0.717) is 17.4 Å². The summed E-state index contributed by atoms with van der Waals surface area (Å²) in [4.78, 5) is 36.0. The Morgan fingerprint density at radius 3 is 0.850 bits per heavy atom. The van der Waals surface area contributed by atoms with Gasteiger partial charge in [0.15, 0.2) is 6.10 Å². The number of nitrogens with zero attached hydrogens (tertiary/aromatic N) is 1. The minimum absolute atomic E-state index is 0.0278. The Bertz CT molecular complexity index is 2110. The van der Waals surface area contributed by atoms with Crippen LogP contribution in [0.15, 0.2) is 122 Å². The molecule has 0 aromatic heterocycles. The summed E-state index contributed by atoms with van der Waals surface area (Å²) < 4.78 is 34.8. The quantitative estimate of drug-likeness (QED) is 0.0211. The molecule has 0 heterocycles. The van der Waals surface area contributed by atoms with Crippen LogP contribution in [-0.2, 0) is 32.7 Å². The highest BCUT2D eigenvalue weighted by atomic mass is 31.2. The highest BCUT2D eigenvalue weighted by Gasteiger charge is 2.27. The predicted molar refractivity (Wildman–Crippen MR) is 436 cm³/mol. The largest absolute Gasteiger partial charge is 0.472 e. The number of ether oxygens (including phenoxy) is 2. The number of allylic oxidation sites excluding steroid dienone is 20. The van der Waals surface area contributed by atoms with Crippen LogP contribution in [0.1, 0.15) is 386 Å². The first-order chi connectivity index (χ1) is 49.0. The molecule has 0 saturated heterocycles. The number of likely N-dealkylation sites (N-methyl/N-ethyl adjacent to an activating group) is 1. The molecule has 578 valence electrons. The van der Waals surface area contributed by atoms with Gasteiger partial charge in [-0.3, -0.25) is 18.6 Å². The molecule has 0 saturated carbocycles. The Kier molecular flexibility index (Phi) is 76.7. The third-order valence-corrected chi connectivity index (χ3v) is 19.5. The Morgan fingerprint density at radius 2 is 0.570 bits per heavy atom. The fourth-order valence-corrected chi connectivity index (χ4v) is 12.8. The van der Waals surface area contributed by atoms with Crippen molar-refractivity contribution in [3.8, 4) is 0 Å². The molecule has 2 atom stereocenters. The molecule has 0 aromatic carbocycles. The molecule has 0 bridgehead atoms. The van der Waals surface area contributed by atoms with Crippen molar-refractivity contribution >= 4 is 19.8 Å². The summed E-state index contributed by atoms with van der Waals surface area (Å²) in [6, 6.07) is 0. The fourth-order valence-electron chi connectivity index (χ4n) is 12.1. The van der Waals surface area contributed by atoms with Crippen LogP contribution < -0.4 is 0 Å².